The van der Waals surface area contributed by atoms with Crippen LogP contribution in [0.25, 0.3) is 0 Å². The predicted molar refractivity (Wildman–Crippen MR) is 58.5 cm³/mol. The number of carbonyl (C=O) groups excluding carboxylic acids is 1. The molecule has 0 aromatic carbocycles. The molecule has 2 heterocycles. The molecule has 6 heteroatoms. The third-order valence-electron chi connectivity index (χ3n) is 2.77. The Kier molecular flexibility index (Phi) is 3.87. The van der Waals surface area contributed by atoms with Gasteiger partial charge in [0.25, 0.3) is 0 Å². The molecule has 88 valence electrons. The molecule has 1 fully saturated rings. The Morgan fingerprint density at radius 3 is 3.25 bits per heavy atom. The molecule has 3 N–H and O–H groups in total. The van der Waals surface area contributed by atoms with E-state index in [9.17, 15) is 4.79 Å². The molecule has 1 saturated heterocycles. The summed E-state index contributed by atoms with van der Waals surface area (Å²) in [6, 6.07) is -0.0505. The monoisotopic (exact) mass is 223 g/mol. The zero-order valence-corrected chi connectivity index (χ0v) is 9.20. The molecule has 1 unspecified atom stereocenters. The van der Waals surface area contributed by atoms with Gasteiger partial charge in [0.2, 0.25) is 5.91 Å². The van der Waals surface area contributed by atoms with Gasteiger partial charge in [0.05, 0.1) is 12.6 Å². The van der Waals surface area contributed by atoms with Gasteiger partial charge in [0, 0.05) is 0 Å². The van der Waals surface area contributed by atoms with Crippen molar-refractivity contribution in [1.82, 2.24) is 25.8 Å². The second kappa shape index (κ2) is 5.60. The van der Waals surface area contributed by atoms with Crippen LogP contribution in [0.15, 0.2) is 6.33 Å². The van der Waals surface area contributed by atoms with E-state index in [1.807, 2.05) is 0 Å². The average Bonchev–Trinajstić information content (AvgIpc) is 2.66. The van der Waals surface area contributed by atoms with Gasteiger partial charge >= 0.3 is 0 Å². The summed E-state index contributed by atoms with van der Waals surface area (Å²) in [5.74, 6) is 0.736. The number of H-pyrrole nitrogens is 1. The summed E-state index contributed by atoms with van der Waals surface area (Å²) in [6.07, 6.45) is 5.84. The van der Waals surface area contributed by atoms with Crippen molar-refractivity contribution in [3.05, 3.63) is 12.2 Å². The molecule has 0 radical (unpaired) electrons. The highest BCUT2D eigenvalue weighted by Gasteiger charge is 2.18. The Labute approximate surface area is 94.2 Å². The van der Waals surface area contributed by atoms with E-state index >= 15 is 0 Å². The lowest BCUT2D eigenvalue weighted by Gasteiger charge is -2.14. The Hall–Kier alpha value is -1.43. The van der Waals surface area contributed by atoms with Crippen LogP contribution in [-0.2, 0) is 11.3 Å². The van der Waals surface area contributed by atoms with Crippen molar-refractivity contribution in [2.45, 2.75) is 38.3 Å². The summed E-state index contributed by atoms with van der Waals surface area (Å²) in [5.41, 5.74) is 0. The minimum absolute atomic E-state index is 0.0505. The molecule has 0 spiro atoms. The highest BCUT2D eigenvalue weighted by Crippen LogP contribution is 2.08. The smallest absolute Gasteiger partial charge is 0.237 e. The Morgan fingerprint density at radius 1 is 1.50 bits per heavy atom. The molecule has 0 aliphatic carbocycles. The van der Waals surface area contributed by atoms with Gasteiger partial charge < -0.3 is 10.6 Å². The van der Waals surface area contributed by atoms with Gasteiger partial charge in [-0.05, 0) is 19.4 Å². The summed E-state index contributed by atoms with van der Waals surface area (Å²) < 4.78 is 0. The lowest BCUT2D eigenvalue weighted by atomic mass is 10.1. The first-order valence-electron chi connectivity index (χ1n) is 5.71. The fourth-order valence-corrected chi connectivity index (χ4v) is 1.86. The number of nitrogens with one attached hydrogen (secondary N) is 3. The highest BCUT2D eigenvalue weighted by molar-refractivity contribution is 5.81. The van der Waals surface area contributed by atoms with Crippen molar-refractivity contribution in [3.63, 3.8) is 0 Å². The van der Waals surface area contributed by atoms with Crippen molar-refractivity contribution < 1.29 is 4.79 Å². The zero-order valence-electron chi connectivity index (χ0n) is 9.20. The molecule has 1 aliphatic heterocycles. The molecule has 2 rings (SSSR count). The summed E-state index contributed by atoms with van der Waals surface area (Å²) in [4.78, 5) is 15.8. The van der Waals surface area contributed by atoms with Crippen LogP contribution >= 0.6 is 0 Å². The Morgan fingerprint density at radius 2 is 2.44 bits per heavy atom. The van der Waals surface area contributed by atoms with Gasteiger partial charge in [-0.25, -0.2) is 4.98 Å². The van der Waals surface area contributed by atoms with E-state index in [1.54, 1.807) is 0 Å². The molecular formula is C10H17N5O. The molecule has 0 saturated carbocycles. The number of carbonyl (C=O) groups is 1. The van der Waals surface area contributed by atoms with Gasteiger partial charge in [-0.3, -0.25) is 9.89 Å². The number of aromatic nitrogens is 3. The third-order valence-corrected chi connectivity index (χ3v) is 2.77. The van der Waals surface area contributed by atoms with Crippen LogP contribution in [0, 0.1) is 0 Å². The summed E-state index contributed by atoms with van der Waals surface area (Å²) >= 11 is 0. The maximum absolute atomic E-state index is 11.8. The molecule has 1 atom stereocenters. The normalized spacial score (nSPS) is 21.4. The second-order valence-corrected chi connectivity index (χ2v) is 4.01. The minimum Gasteiger partial charge on any atom is -0.347 e. The first-order chi connectivity index (χ1) is 7.86. The van der Waals surface area contributed by atoms with Crippen LogP contribution < -0.4 is 10.6 Å². The first kappa shape index (κ1) is 11.1. The number of aromatic amines is 1. The molecule has 1 aliphatic rings. The van der Waals surface area contributed by atoms with Gasteiger partial charge in [-0.2, -0.15) is 5.10 Å². The van der Waals surface area contributed by atoms with Crippen molar-refractivity contribution in [2.75, 3.05) is 6.54 Å². The number of rotatable bonds is 3. The molecule has 1 amide bonds. The zero-order chi connectivity index (χ0) is 11.2. The van der Waals surface area contributed by atoms with Crippen LogP contribution in [0.1, 0.15) is 31.5 Å². The molecule has 0 bridgehead atoms. The maximum Gasteiger partial charge on any atom is 0.237 e. The fraction of sp³-hybridized carbons (Fsp3) is 0.700. The van der Waals surface area contributed by atoms with Crippen molar-refractivity contribution in [3.8, 4) is 0 Å². The summed E-state index contributed by atoms with van der Waals surface area (Å²) in [5, 5.41) is 12.5. The standard InChI is InChI=1S/C10H17N5O/c16-10(8-4-2-1-3-5-11-8)12-6-9-13-7-14-15-9/h7-8,11H,1-6H2,(H,12,16)(H,13,14,15). The molecule has 16 heavy (non-hydrogen) atoms. The molecule has 1 aromatic rings. The van der Waals surface area contributed by atoms with Crippen molar-refractivity contribution in [1.29, 1.82) is 0 Å². The Bertz CT molecular complexity index is 316. The lowest BCUT2D eigenvalue weighted by Crippen LogP contribution is -2.43. The maximum atomic E-state index is 11.8. The van der Waals surface area contributed by atoms with E-state index in [1.165, 1.54) is 12.7 Å². The topological polar surface area (TPSA) is 82.7 Å². The summed E-state index contributed by atoms with van der Waals surface area (Å²) in [7, 11) is 0. The minimum atomic E-state index is -0.0505. The lowest BCUT2D eigenvalue weighted by molar-refractivity contribution is -0.123. The number of nitrogens with zero attached hydrogens (tertiary/aromatic N) is 2. The molecular weight excluding hydrogens is 206 g/mol. The van der Waals surface area contributed by atoms with Crippen molar-refractivity contribution in [2.24, 2.45) is 0 Å². The predicted octanol–water partition coefficient (Wildman–Crippen LogP) is -0.0469. The van der Waals surface area contributed by atoms with Crippen LogP contribution in [0.2, 0.25) is 0 Å². The number of hydrogen-bond donors (Lipinski definition) is 3. The van der Waals surface area contributed by atoms with Crippen LogP contribution in [0.5, 0.6) is 0 Å². The van der Waals surface area contributed by atoms with Gasteiger partial charge in [0.15, 0.2) is 0 Å². The average molecular weight is 223 g/mol. The number of hydrogen-bond acceptors (Lipinski definition) is 4. The third kappa shape index (κ3) is 3.03. The van der Waals surface area contributed by atoms with E-state index < -0.39 is 0 Å². The first-order valence-corrected chi connectivity index (χ1v) is 5.71. The molecule has 6 nitrogen and oxygen atoms in total. The summed E-state index contributed by atoms with van der Waals surface area (Å²) in [6.45, 7) is 1.34. The second-order valence-electron chi connectivity index (χ2n) is 4.01. The van der Waals surface area contributed by atoms with E-state index in [2.05, 4.69) is 25.8 Å². The van der Waals surface area contributed by atoms with E-state index in [0.717, 1.165) is 25.8 Å². The largest absolute Gasteiger partial charge is 0.347 e. The highest BCUT2D eigenvalue weighted by atomic mass is 16.2. The van der Waals surface area contributed by atoms with Gasteiger partial charge in [-0.15, -0.1) is 0 Å². The number of amides is 1. The van der Waals surface area contributed by atoms with E-state index in [-0.39, 0.29) is 11.9 Å². The quantitative estimate of drug-likeness (QED) is 0.671. The van der Waals surface area contributed by atoms with Gasteiger partial charge in [-0.1, -0.05) is 12.8 Å². The van der Waals surface area contributed by atoms with Crippen LogP contribution in [-0.4, -0.2) is 33.7 Å². The van der Waals surface area contributed by atoms with Crippen LogP contribution in [0.3, 0.4) is 0 Å². The van der Waals surface area contributed by atoms with E-state index in [4.69, 9.17) is 0 Å². The van der Waals surface area contributed by atoms with Crippen molar-refractivity contribution >= 4 is 5.91 Å². The SMILES string of the molecule is O=C(NCc1ncn[nH]1)C1CCCCCN1. The fourth-order valence-electron chi connectivity index (χ4n) is 1.86. The molecule has 1 aromatic heterocycles. The Balaban J connectivity index is 1.78. The van der Waals surface area contributed by atoms with Crippen LogP contribution in [0.4, 0.5) is 0 Å². The van der Waals surface area contributed by atoms with E-state index in [0.29, 0.717) is 12.4 Å². The van der Waals surface area contributed by atoms with Gasteiger partial charge in [0.1, 0.15) is 12.2 Å².